The van der Waals surface area contributed by atoms with Crippen LogP contribution in [0.1, 0.15) is 6.42 Å². The first kappa shape index (κ1) is 10.6. The van der Waals surface area contributed by atoms with Gasteiger partial charge < -0.3 is 16.6 Å². The molecule has 1 aromatic heterocycles. The molecule has 1 fully saturated rings. The number of aromatic nitrogens is 3. The molecule has 1 aliphatic heterocycles. The summed E-state index contributed by atoms with van der Waals surface area (Å²) in [5, 5.41) is 8.98. The van der Waals surface area contributed by atoms with Crippen LogP contribution >= 0.6 is 0 Å². The summed E-state index contributed by atoms with van der Waals surface area (Å²) in [7, 11) is 0. The number of hydrogen-bond acceptors (Lipinski definition) is 7. The average molecular weight is 224 g/mol. The fourth-order valence-electron chi connectivity index (χ4n) is 1.62. The van der Waals surface area contributed by atoms with Gasteiger partial charge in [-0.1, -0.05) is 0 Å². The first-order chi connectivity index (χ1) is 7.60. The lowest BCUT2D eigenvalue weighted by molar-refractivity contribution is -0.117. The summed E-state index contributed by atoms with van der Waals surface area (Å²) in [6.45, 7) is 0.330. The zero-order chi connectivity index (χ0) is 11.7. The zero-order valence-corrected chi connectivity index (χ0v) is 8.50. The highest BCUT2D eigenvalue weighted by molar-refractivity contribution is 5.94. The third-order valence-electron chi connectivity index (χ3n) is 2.36. The number of hydrogen-bond donors (Lipinski definition) is 3. The molecular formula is C8H12N6O2. The van der Waals surface area contributed by atoms with E-state index in [0.29, 0.717) is 6.54 Å². The maximum atomic E-state index is 11.6. The van der Waals surface area contributed by atoms with Crippen molar-refractivity contribution < 1.29 is 9.90 Å². The van der Waals surface area contributed by atoms with E-state index in [4.69, 9.17) is 16.6 Å². The van der Waals surface area contributed by atoms with E-state index in [0.717, 1.165) is 0 Å². The van der Waals surface area contributed by atoms with Gasteiger partial charge in [-0.2, -0.15) is 15.0 Å². The van der Waals surface area contributed by atoms with Crippen LogP contribution in [-0.2, 0) is 4.79 Å². The van der Waals surface area contributed by atoms with Crippen LogP contribution in [0.4, 0.5) is 17.8 Å². The summed E-state index contributed by atoms with van der Waals surface area (Å²) in [6, 6.07) is 0. The number of nitrogen functional groups attached to an aromatic ring is 2. The van der Waals surface area contributed by atoms with Gasteiger partial charge in [0, 0.05) is 25.5 Å². The number of nitrogens with two attached hydrogens (primary N) is 2. The van der Waals surface area contributed by atoms with Crippen LogP contribution in [0.25, 0.3) is 0 Å². The van der Waals surface area contributed by atoms with Crippen LogP contribution in [0.2, 0.25) is 0 Å². The number of anilines is 3. The van der Waals surface area contributed by atoms with Gasteiger partial charge in [-0.3, -0.25) is 9.69 Å². The van der Waals surface area contributed by atoms with Crippen molar-refractivity contribution in [1.82, 2.24) is 15.0 Å². The van der Waals surface area contributed by atoms with Crippen LogP contribution in [0.3, 0.4) is 0 Å². The van der Waals surface area contributed by atoms with E-state index in [2.05, 4.69) is 15.0 Å². The highest BCUT2D eigenvalue weighted by Crippen LogP contribution is 2.22. The Morgan fingerprint density at radius 3 is 2.44 bits per heavy atom. The van der Waals surface area contributed by atoms with E-state index in [1.807, 2.05) is 0 Å². The molecule has 0 radical (unpaired) electrons. The summed E-state index contributed by atoms with van der Waals surface area (Å²) in [4.78, 5) is 24.2. The molecule has 0 spiro atoms. The van der Waals surface area contributed by atoms with E-state index < -0.39 is 0 Å². The van der Waals surface area contributed by atoms with Gasteiger partial charge in [0.25, 0.3) is 0 Å². The topological polar surface area (TPSA) is 131 Å². The molecule has 8 heteroatoms. The Kier molecular flexibility index (Phi) is 2.57. The van der Waals surface area contributed by atoms with Crippen molar-refractivity contribution in [2.24, 2.45) is 5.92 Å². The smallest absolute Gasteiger partial charge is 0.238 e. The Labute approximate surface area is 91.3 Å². The van der Waals surface area contributed by atoms with Crippen LogP contribution in [0, 0.1) is 5.92 Å². The van der Waals surface area contributed by atoms with Crippen LogP contribution in [0.15, 0.2) is 0 Å². The van der Waals surface area contributed by atoms with E-state index in [-0.39, 0.29) is 42.7 Å². The van der Waals surface area contributed by atoms with Crippen LogP contribution in [0.5, 0.6) is 0 Å². The van der Waals surface area contributed by atoms with E-state index in [9.17, 15) is 4.79 Å². The van der Waals surface area contributed by atoms with Crippen molar-refractivity contribution in [2.45, 2.75) is 6.42 Å². The SMILES string of the molecule is Nc1nc(N)nc(N2CC(CO)CC2=O)n1. The summed E-state index contributed by atoms with van der Waals surface area (Å²) in [6.07, 6.45) is 0.280. The second-order valence-electron chi connectivity index (χ2n) is 3.61. The second kappa shape index (κ2) is 3.89. The summed E-state index contributed by atoms with van der Waals surface area (Å²) in [5.41, 5.74) is 10.8. The first-order valence-electron chi connectivity index (χ1n) is 4.78. The molecule has 0 aromatic carbocycles. The minimum absolute atomic E-state index is 0.0252. The fraction of sp³-hybridized carbons (Fsp3) is 0.500. The van der Waals surface area contributed by atoms with Crippen molar-refractivity contribution in [2.75, 3.05) is 29.5 Å². The van der Waals surface area contributed by atoms with Gasteiger partial charge in [-0.15, -0.1) is 0 Å². The predicted octanol–water partition coefficient (Wildman–Crippen LogP) is -1.62. The van der Waals surface area contributed by atoms with Crippen molar-refractivity contribution >= 4 is 23.8 Å². The zero-order valence-electron chi connectivity index (χ0n) is 8.50. The Balaban J connectivity index is 2.27. The second-order valence-corrected chi connectivity index (χ2v) is 3.61. The van der Waals surface area contributed by atoms with E-state index >= 15 is 0 Å². The molecule has 1 aliphatic rings. The molecule has 1 atom stereocenters. The molecule has 8 nitrogen and oxygen atoms in total. The minimum Gasteiger partial charge on any atom is -0.396 e. The molecule has 0 aliphatic carbocycles. The number of aliphatic hydroxyl groups is 1. The molecule has 2 heterocycles. The maximum Gasteiger partial charge on any atom is 0.238 e. The Hall–Kier alpha value is -1.96. The molecule has 1 amide bonds. The van der Waals surface area contributed by atoms with Gasteiger partial charge >= 0.3 is 0 Å². The monoisotopic (exact) mass is 224 g/mol. The fourth-order valence-corrected chi connectivity index (χ4v) is 1.62. The lowest BCUT2D eigenvalue weighted by Gasteiger charge is -2.13. The van der Waals surface area contributed by atoms with Crippen LogP contribution in [-0.4, -0.2) is 39.1 Å². The van der Waals surface area contributed by atoms with Gasteiger partial charge in [0.1, 0.15) is 0 Å². The van der Waals surface area contributed by atoms with Gasteiger partial charge in [-0.25, -0.2) is 0 Å². The maximum absolute atomic E-state index is 11.6. The largest absolute Gasteiger partial charge is 0.396 e. The number of rotatable bonds is 2. The molecule has 1 unspecified atom stereocenters. The van der Waals surface area contributed by atoms with Crippen molar-refractivity contribution in [1.29, 1.82) is 0 Å². The number of carbonyl (C=O) groups excluding carboxylic acids is 1. The Morgan fingerprint density at radius 2 is 1.94 bits per heavy atom. The molecule has 16 heavy (non-hydrogen) atoms. The number of carbonyl (C=O) groups is 1. The lowest BCUT2D eigenvalue weighted by atomic mass is 10.1. The molecular weight excluding hydrogens is 212 g/mol. The van der Waals surface area contributed by atoms with E-state index in [1.165, 1.54) is 4.90 Å². The highest BCUT2D eigenvalue weighted by atomic mass is 16.3. The van der Waals surface area contributed by atoms with Crippen molar-refractivity contribution in [3.63, 3.8) is 0 Å². The van der Waals surface area contributed by atoms with Gasteiger partial charge in [0.05, 0.1) is 0 Å². The van der Waals surface area contributed by atoms with Gasteiger partial charge in [0.15, 0.2) is 0 Å². The third-order valence-corrected chi connectivity index (χ3v) is 2.36. The lowest BCUT2D eigenvalue weighted by Crippen LogP contribution is -2.27. The molecule has 86 valence electrons. The molecule has 2 rings (SSSR count). The van der Waals surface area contributed by atoms with Crippen LogP contribution < -0.4 is 16.4 Å². The predicted molar refractivity (Wildman–Crippen MR) is 56.2 cm³/mol. The third kappa shape index (κ3) is 1.87. The normalized spacial score (nSPS) is 20.4. The number of amides is 1. The molecule has 1 saturated heterocycles. The molecule has 1 aromatic rings. The molecule has 0 bridgehead atoms. The van der Waals surface area contributed by atoms with Gasteiger partial charge in [-0.05, 0) is 0 Å². The van der Waals surface area contributed by atoms with Crippen molar-refractivity contribution in [3.8, 4) is 0 Å². The quantitative estimate of drug-likeness (QED) is 0.550. The molecule has 5 N–H and O–H groups in total. The first-order valence-corrected chi connectivity index (χ1v) is 4.78. The minimum atomic E-state index is -0.149. The van der Waals surface area contributed by atoms with Gasteiger partial charge in [0.2, 0.25) is 23.8 Å². The standard InChI is InChI=1S/C8H12N6O2/c9-6-11-7(10)13-8(12-6)14-2-4(3-15)1-5(14)16/h4,15H,1-3H2,(H4,9,10,11,12,13). The average Bonchev–Trinajstić information content (AvgIpc) is 2.58. The number of nitrogens with zero attached hydrogens (tertiary/aromatic N) is 4. The summed E-state index contributed by atoms with van der Waals surface area (Å²) in [5.74, 6) is -0.146. The summed E-state index contributed by atoms with van der Waals surface area (Å²) < 4.78 is 0. The summed E-state index contributed by atoms with van der Waals surface area (Å²) >= 11 is 0. The highest BCUT2D eigenvalue weighted by Gasteiger charge is 2.32. The Morgan fingerprint density at radius 1 is 1.31 bits per heavy atom. The van der Waals surface area contributed by atoms with E-state index in [1.54, 1.807) is 0 Å². The molecule has 0 saturated carbocycles. The van der Waals surface area contributed by atoms with Crippen molar-refractivity contribution in [3.05, 3.63) is 0 Å². The number of aliphatic hydroxyl groups excluding tert-OH is 1. The Bertz CT molecular complexity index is 403.